The molecule has 0 aromatic carbocycles. The lowest BCUT2D eigenvalue weighted by Gasteiger charge is -2.35. The Labute approximate surface area is 206 Å². The highest BCUT2D eigenvalue weighted by atomic mass is 32.1. The molecule has 4 aromatic rings. The average molecular weight is 496 g/mol. The van der Waals surface area contributed by atoms with Crippen LogP contribution >= 0.6 is 22.7 Å². The van der Waals surface area contributed by atoms with Crippen molar-refractivity contribution in [3.8, 4) is 0 Å². The zero-order valence-corrected chi connectivity index (χ0v) is 21.3. The molecule has 178 valence electrons. The summed E-state index contributed by atoms with van der Waals surface area (Å²) >= 11 is 3.29. The number of aromatic nitrogens is 4. The Bertz CT molecular complexity index is 1390. The van der Waals surface area contributed by atoms with Crippen molar-refractivity contribution in [2.24, 2.45) is 0 Å². The van der Waals surface area contributed by atoms with Crippen LogP contribution in [0.5, 0.6) is 0 Å². The van der Waals surface area contributed by atoms with Crippen molar-refractivity contribution >= 4 is 43.7 Å². The van der Waals surface area contributed by atoms with Crippen LogP contribution in [-0.2, 0) is 13.1 Å². The Morgan fingerprint density at radius 1 is 0.941 bits per heavy atom. The van der Waals surface area contributed by atoms with Crippen molar-refractivity contribution in [1.82, 2.24) is 29.2 Å². The number of thiazole rings is 1. The first-order valence-electron chi connectivity index (χ1n) is 12.0. The molecule has 0 spiro atoms. The van der Waals surface area contributed by atoms with Crippen LogP contribution in [0.1, 0.15) is 34.8 Å². The number of hydrogen-bond acceptors (Lipinski definition) is 9. The number of nitrogens with zero attached hydrogens (tertiary/aromatic N) is 7. The molecule has 0 amide bonds. The van der Waals surface area contributed by atoms with Crippen molar-refractivity contribution in [2.45, 2.75) is 39.8 Å². The summed E-state index contributed by atoms with van der Waals surface area (Å²) in [6.45, 7) is 11.9. The SMILES string of the molecule is Cc1sc2nc(CN3CCCC3)nc(N3CCN(Cc4cc(=O)n5ccsc5n4)CC3)c2c1C. The number of likely N-dealkylation sites (tertiary alicyclic amines) is 1. The first-order valence-corrected chi connectivity index (χ1v) is 13.7. The molecule has 2 aliphatic heterocycles. The van der Waals surface area contributed by atoms with Crippen LogP contribution in [0.2, 0.25) is 0 Å². The van der Waals surface area contributed by atoms with Crippen molar-refractivity contribution in [3.05, 3.63) is 50.0 Å². The molecule has 10 heteroatoms. The number of piperazine rings is 1. The maximum atomic E-state index is 12.3. The topological polar surface area (TPSA) is 69.9 Å². The fraction of sp³-hybridized carbons (Fsp3) is 0.500. The van der Waals surface area contributed by atoms with Gasteiger partial charge in [0.2, 0.25) is 0 Å². The highest BCUT2D eigenvalue weighted by Crippen LogP contribution is 2.35. The first kappa shape index (κ1) is 22.1. The van der Waals surface area contributed by atoms with Crippen LogP contribution in [0.4, 0.5) is 5.82 Å². The van der Waals surface area contributed by atoms with Crippen molar-refractivity contribution in [2.75, 3.05) is 44.2 Å². The molecular weight excluding hydrogens is 466 g/mol. The molecule has 0 N–H and O–H groups in total. The molecule has 4 aromatic heterocycles. The molecule has 2 saturated heterocycles. The Morgan fingerprint density at radius 2 is 1.71 bits per heavy atom. The maximum absolute atomic E-state index is 12.3. The summed E-state index contributed by atoms with van der Waals surface area (Å²) < 4.78 is 1.61. The molecule has 6 rings (SSSR count). The third kappa shape index (κ3) is 4.13. The van der Waals surface area contributed by atoms with E-state index in [0.717, 1.165) is 72.9 Å². The van der Waals surface area contributed by atoms with Gasteiger partial charge in [-0.3, -0.25) is 19.0 Å². The summed E-state index contributed by atoms with van der Waals surface area (Å²) in [7, 11) is 0. The average Bonchev–Trinajstić information content (AvgIpc) is 3.56. The maximum Gasteiger partial charge on any atom is 0.258 e. The zero-order valence-electron chi connectivity index (χ0n) is 19.7. The zero-order chi connectivity index (χ0) is 23.2. The number of anilines is 1. The second-order valence-electron chi connectivity index (χ2n) is 9.31. The molecule has 0 aliphatic carbocycles. The molecule has 34 heavy (non-hydrogen) atoms. The fourth-order valence-corrected chi connectivity index (χ4v) is 6.81. The van der Waals surface area contributed by atoms with Crippen LogP contribution in [0.25, 0.3) is 15.2 Å². The summed E-state index contributed by atoms with van der Waals surface area (Å²) in [6.07, 6.45) is 4.33. The molecule has 2 aliphatic rings. The number of thiophene rings is 1. The molecular formula is C24H29N7OS2. The summed E-state index contributed by atoms with van der Waals surface area (Å²) in [5, 5.41) is 3.12. The van der Waals surface area contributed by atoms with E-state index in [2.05, 4.69) is 33.5 Å². The highest BCUT2D eigenvalue weighted by Gasteiger charge is 2.24. The minimum absolute atomic E-state index is 0.00269. The molecule has 6 heterocycles. The van der Waals surface area contributed by atoms with Gasteiger partial charge >= 0.3 is 0 Å². The van der Waals surface area contributed by atoms with Gasteiger partial charge in [-0.05, 0) is 45.3 Å². The molecule has 2 fully saturated rings. The van der Waals surface area contributed by atoms with Crippen molar-refractivity contribution < 1.29 is 0 Å². The van der Waals surface area contributed by atoms with E-state index >= 15 is 0 Å². The Balaban J connectivity index is 1.22. The van der Waals surface area contributed by atoms with Gasteiger partial charge in [0.1, 0.15) is 16.5 Å². The van der Waals surface area contributed by atoms with Crippen LogP contribution in [0.15, 0.2) is 22.4 Å². The molecule has 0 saturated carbocycles. The third-order valence-corrected chi connectivity index (χ3v) is 8.89. The van der Waals surface area contributed by atoms with E-state index in [1.54, 1.807) is 28.0 Å². The van der Waals surface area contributed by atoms with Gasteiger partial charge in [-0.2, -0.15) is 0 Å². The van der Waals surface area contributed by atoms with Crippen molar-refractivity contribution in [1.29, 1.82) is 0 Å². The van der Waals surface area contributed by atoms with Crippen LogP contribution in [-0.4, -0.2) is 68.4 Å². The molecule has 0 radical (unpaired) electrons. The fourth-order valence-electron chi connectivity index (χ4n) is 5.03. The monoisotopic (exact) mass is 495 g/mol. The second-order valence-corrected chi connectivity index (χ2v) is 11.4. The van der Waals surface area contributed by atoms with Gasteiger partial charge in [0.25, 0.3) is 5.56 Å². The standard InChI is InChI=1S/C24H29N7OS2/c1-16-17(2)34-23-21(16)22(26-19(27-23)15-28-5-3-4-6-28)30-9-7-29(8-10-30)14-18-13-20(32)31-11-12-33-24(31)25-18/h11-13H,3-10,14-15H2,1-2H3. The van der Waals surface area contributed by atoms with Gasteiger partial charge in [0, 0.05) is 55.2 Å². The number of aryl methyl sites for hydroxylation is 2. The van der Waals surface area contributed by atoms with E-state index in [9.17, 15) is 4.79 Å². The first-order chi connectivity index (χ1) is 16.5. The van der Waals surface area contributed by atoms with Crippen LogP contribution in [0.3, 0.4) is 0 Å². The predicted molar refractivity (Wildman–Crippen MR) is 138 cm³/mol. The Morgan fingerprint density at radius 3 is 2.50 bits per heavy atom. The minimum atomic E-state index is -0.00269. The highest BCUT2D eigenvalue weighted by molar-refractivity contribution is 7.18. The largest absolute Gasteiger partial charge is 0.353 e. The van der Waals surface area contributed by atoms with E-state index in [1.165, 1.54) is 40.0 Å². The quantitative estimate of drug-likeness (QED) is 0.421. The lowest BCUT2D eigenvalue weighted by molar-refractivity contribution is 0.246. The molecule has 0 unspecified atom stereocenters. The molecule has 0 bridgehead atoms. The van der Waals surface area contributed by atoms with E-state index in [-0.39, 0.29) is 5.56 Å². The van der Waals surface area contributed by atoms with Gasteiger partial charge < -0.3 is 4.90 Å². The smallest absolute Gasteiger partial charge is 0.258 e. The van der Waals surface area contributed by atoms with Gasteiger partial charge in [-0.25, -0.2) is 15.0 Å². The van der Waals surface area contributed by atoms with E-state index < -0.39 is 0 Å². The predicted octanol–water partition coefficient (Wildman–Crippen LogP) is 3.30. The van der Waals surface area contributed by atoms with Gasteiger partial charge in [-0.1, -0.05) is 0 Å². The lowest BCUT2D eigenvalue weighted by Crippen LogP contribution is -2.46. The summed E-state index contributed by atoms with van der Waals surface area (Å²) in [4.78, 5) is 37.6. The summed E-state index contributed by atoms with van der Waals surface area (Å²) in [6, 6.07) is 1.67. The van der Waals surface area contributed by atoms with Gasteiger partial charge in [0.05, 0.1) is 17.6 Å². The van der Waals surface area contributed by atoms with E-state index in [1.807, 2.05) is 5.38 Å². The summed E-state index contributed by atoms with van der Waals surface area (Å²) in [5.74, 6) is 2.04. The van der Waals surface area contributed by atoms with Gasteiger partial charge in [-0.15, -0.1) is 22.7 Å². The molecule has 0 atom stereocenters. The number of hydrogen-bond donors (Lipinski definition) is 0. The normalized spacial score (nSPS) is 18.0. The van der Waals surface area contributed by atoms with Crippen LogP contribution < -0.4 is 10.5 Å². The third-order valence-electron chi connectivity index (χ3n) is 7.03. The van der Waals surface area contributed by atoms with E-state index in [4.69, 9.17) is 9.97 Å². The van der Waals surface area contributed by atoms with Gasteiger partial charge in [0.15, 0.2) is 4.96 Å². The Kier molecular flexibility index (Phi) is 5.84. The lowest BCUT2D eigenvalue weighted by atomic mass is 10.2. The minimum Gasteiger partial charge on any atom is -0.353 e. The Hall–Kier alpha value is -2.40. The van der Waals surface area contributed by atoms with E-state index in [0.29, 0.717) is 6.54 Å². The number of rotatable bonds is 5. The second kappa shape index (κ2) is 8.99. The number of fused-ring (bicyclic) bond motifs is 2. The van der Waals surface area contributed by atoms with Crippen molar-refractivity contribution in [3.63, 3.8) is 0 Å². The summed E-state index contributed by atoms with van der Waals surface area (Å²) in [5.41, 5.74) is 2.15. The van der Waals surface area contributed by atoms with Crippen LogP contribution in [0, 0.1) is 13.8 Å². The molecule has 8 nitrogen and oxygen atoms in total.